The molecule has 0 aromatic heterocycles. The predicted molar refractivity (Wildman–Crippen MR) is 84.5 cm³/mol. The van der Waals surface area contributed by atoms with E-state index >= 15 is 0 Å². The van der Waals surface area contributed by atoms with Crippen molar-refractivity contribution in [3.63, 3.8) is 0 Å². The molecule has 0 aliphatic heterocycles. The van der Waals surface area contributed by atoms with Crippen molar-refractivity contribution >= 4 is 11.6 Å². The molecule has 0 atom stereocenters. The third-order valence-corrected chi connectivity index (χ3v) is 3.68. The van der Waals surface area contributed by atoms with Gasteiger partial charge in [0.25, 0.3) is 0 Å². The highest BCUT2D eigenvalue weighted by Crippen LogP contribution is 2.21. The van der Waals surface area contributed by atoms with Crippen LogP contribution in [-0.4, -0.2) is 30.4 Å². The van der Waals surface area contributed by atoms with Crippen molar-refractivity contribution in [2.75, 3.05) is 25.0 Å². The van der Waals surface area contributed by atoms with E-state index < -0.39 is 5.41 Å². The molecule has 1 amide bonds. The minimum Gasteiger partial charge on any atom is -0.329 e. The van der Waals surface area contributed by atoms with Crippen LogP contribution in [0, 0.1) is 5.41 Å². The number of benzene rings is 1. The lowest BCUT2D eigenvalue weighted by Gasteiger charge is -2.24. The van der Waals surface area contributed by atoms with Crippen LogP contribution in [0.1, 0.15) is 33.3 Å². The topological polar surface area (TPSA) is 58.4 Å². The number of amides is 1. The predicted octanol–water partition coefficient (Wildman–Crippen LogP) is 2.45. The molecule has 4 nitrogen and oxygen atoms in total. The standard InChI is InChI=1S/C16H27N3O/c1-5-19(6-2)11-13-9-7-8-10-14(13)18-15(20)16(3,4)12-17/h7-10H,5-6,11-12,17H2,1-4H3,(H,18,20). The van der Waals surface area contributed by atoms with Crippen LogP contribution in [0.2, 0.25) is 0 Å². The summed E-state index contributed by atoms with van der Waals surface area (Å²) in [6.45, 7) is 11.2. The number of nitrogens with two attached hydrogens (primary N) is 1. The summed E-state index contributed by atoms with van der Waals surface area (Å²) in [5, 5.41) is 3.01. The zero-order valence-electron chi connectivity index (χ0n) is 13.1. The van der Waals surface area contributed by atoms with Crippen LogP contribution >= 0.6 is 0 Å². The number of carbonyl (C=O) groups excluding carboxylic acids is 1. The SMILES string of the molecule is CCN(CC)Cc1ccccc1NC(=O)C(C)(C)CN. The Labute approximate surface area is 122 Å². The molecule has 0 heterocycles. The van der Waals surface area contributed by atoms with Gasteiger partial charge >= 0.3 is 0 Å². The van der Waals surface area contributed by atoms with Crippen molar-refractivity contribution in [2.45, 2.75) is 34.2 Å². The Hall–Kier alpha value is -1.39. The Kier molecular flexibility index (Phi) is 6.17. The highest BCUT2D eigenvalue weighted by Gasteiger charge is 2.26. The zero-order chi connectivity index (χ0) is 15.2. The molecule has 3 N–H and O–H groups in total. The molecule has 0 fully saturated rings. The van der Waals surface area contributed by atoms with E-state index in [1.165, 1.54) is 0 Å². The first kappa shape index (κ1) is 16.7. The van der Waals surface area contributed by atoms with E-state index in [0.29, 0.717) is 6.54 Å². The summed E-state index contributed by atoms with van der Waals surface area (Å²) in [7, 11) is 0. The fraction of sp³-hybridized carbons (Fsp3) is 0.562. The monoisotopic (exact) mass is 277 g/mol. The summed E-state index contributed by atoms with van der Waals surface area (Å²) in [6, 6.07) is 7.95. The van der Waals surface area contributed by atoms with E-state index in [-0.39, 0.29) is 5.91 Å². The van der Waals surface area contributed by atoms with Crippen LogP contribution in [0.25, 0.3) is 0 Å². The van der Waals surface area contributed by atoms with Gasteiger partial charge in [-0.15, -0.1) is 0 Å². The molecule has 0 radical (unpaired) electrons. The number of anilines is 1. The first-order valence-corrected chi connectivity index (χ1v) is 7.26. The molecule has 4 heteroatoms. The molecular formula is C16H27N3O. The van der Waals surface area contributed by atoms with E-state index in [9.17, 15) is 4.79 Å². The molecule has 1 aromatic carbocycles. The number of nitrogens with zero attached hydrogens (tertiary/aromatic N) is 1. The fourth-order valence-electron chi connectivity index (χ4n) is 1.85. The molecule has 0 bridgehead atoms. The van der Waals surface area contributed by atoms with Crippen molar-refractivity contribution in [3.8, 4) is 0 Å². The summed E-state index contributed by atoms with van der Waals surface area (Å²) in [6.07, 6.45) is 0. The van der Waals surface area contributed by atoms with Gasteiger partial charge in [0.2, 0.25) is 5.91 Å². The molecule has 0 spiro atoms. The number of hydrogen-bond donors (Lipinski definition) is 2. The quantitative estimate of drug-likeness (QED) is 0.805. The number of nitrogens with one attached hydrogen (secondary N) is 1. The largest absolute Gasteiger partial charge is 0.329 e. The molecule has 0 aliphatic carbocycles. The van der Waals surface area contributed by atoms with Crippen molar-refractivity contribution < 1.29 is 4.79 Å². The van der Waals surface area contributed by atoms with Crippen molar-refractivity contribution in [1.29, 1.82) is 0 Å². The second-order valence-electron chi connectivity index (χ2n) is 5.66. The van der Waals surface area contributed by atoms with E-state index in [1.807, 2.05) is 32.0 Å². The maximum absolute atomic E-state index is 12.2. The van der Waals surface area contributed by atoms with E-state index in [2.05, 4.69) is 30.1 Å². The van der Waals surface area contributed by atoms with E-state index in [1.54, 1.807) is 0 Å². The van der Waals surface area contributed by atoms with Crippen LogP contribution < -0.4 is 11.1 Å². The molecule has 0 aliphatic rings. The van der Waals surface area contributed by atoms with Gasteiger partial charge in [-0.3, -0.25) is 9.69 Å². The fourth-order valence-corrected chi connectivity index (χ4v) is 1.85. The van der Waals surface area contributed by atoms with Gasteiger partial charge in [0, 0.05) is 18.8 Å². The van der Waals surface area contributed by atoms with Gasteiger partial charge in [-0.25, -0.2) is 0 Å². The van der Waals surface area contributed by atoms with Gasteiger partial charge < -0.3 is 11.1 Å². The second kappa shape index (κ2) is 7.41. The average molecular weight is 277 g/mol. The van der Waals surface area contributed by atoms with Gasteiger partial charge in [-0.1, -0.05) is 32.0 Å². The molecule has 20 heavy (non-hydrogen) atoms. The Bertz CT molecular complexity index is 439. The van der Waals surface area contributed by atoms with Crippen molar-refractivity contribution in [3.05, 3.63) is 29.8 Å². The van der Waals surface area contributed by atoms with Crippen molar-refractivity contribution in [2.24, 2.45) is 11.1 Å². The smallest absolute Gasteiger partial charge is 0.231 e. The van der Waals surface area contributed by atoms with Crippen LogP contribution in [0.3, 0.4) is 0 Å². The van der Waals surface area contributed by atoms with Crippen LogP contribution in [0.15, 0.2) is 24.3 Å². The minimum absolute atomic E-state index is 0.0352. The van der Waals surface area contributed by atoms with Crippen LogP contribution in [-0.2, 0) is 11.3 Å². The molecule has 1 aromatic rings. The molecule has 1 rings (SSSR count). The number of para-hydroxylation sites is 1. The maximum atomic E-state index is 12.2. The number of hydrogen-bond acceptors (Lipinski definition) is 3. The Balaban J connectivity index is 2.88. The average Bonchev–Trinajstić information content (AvgIpc) is 2.46. The molecule has 0 unspecified atom stereocenters. The highest BCUT2D eigenvalue weighted by molar-refractivity contribution is 5.95. The Morgan fingerprint density at radius 1 is 1.25 bits per heavy atom. The third kappa shape index (κ3) is 4.32. The highest BCUT2D eigenvalue weighted by atomic mass is 16.2. The Morgan fingerprint density at radius 2 is 1.85 bits per heavy atom. The summed E-state index contributed by atoms with van der Waals surface area (Å²) >= 11 is 0. The molecule has 0 saturated heterocycles. The summed E-state index contributed by atoms with van der Waals surface area (Å²) in [4.78, 5) is 14.6. The van der Waals surface area contributed by atoms with Gasteiger partial charge in [0.05, 0.1) is 5.41 Å². The lowest BCUT2D eigenvalue weighted by atomic mass is 9.92. The number of carbonyl (C=O) groups is 1. The Morgan fingerprint density at radius 3 is 2.40 bits per heavy atom. The maximum Gasteiger partial charge on any atom is 0.231 e. The summed E-state index contributed by atoms with van der Waals surface area (Å²) in [5.41, 5.74) is 7.12. The lowest BCUT2D eigenvalue weighted by Crippen LogP contribution is -2.37. The van der Waals surface area contributed by atoms with Gasteiger partial charge in [0.15, 0.2) is 0 Å². The van der Waals surface area contributed by atoms with E-state index in [0.717, 1.165) is 30.9 Å². The van der Waals surface area contributed by atoms with Crippen LogP contribution in [0.4, 0.5) is 5.69 Å². The van der Waals surface area contributed by atoms with Gasteiger partial charge in [-0.2, -0.15) is 0 Å². The van der Waals surface area contributed by atoms with E-state index in [4.69, 9.17) is 5.73 Å². The first-order valence-electron chi connectivity index (χ1n) is 7.26. The summed E-state index contributed by atoms with van der Waals surface area (Å²) < 4.78 is 0. The van der Waals surface area contributed by atoms with Gasteiger partial charge in [0.1, 0.15) is 0 Å². The lowest BCUT2D eigenvalue weighted by molar-refractivity contribution is -0.123. The van der Waals surface area contributed by atoms with Gasteiger partial charge in [-0.05, 0) is 38.6 Å². The molecule has 0 saturated carbocycles. The molecule has 112 valence electrons. The molecular weight excluding hydrogens is 250 g/mol. The minimum atomic E-state index is -0.553. The normalized spacial score (nSPS) is 11.7. The number of rotatable bonds is 7. The first-order chi connectivity index (χ1) is 9.44. The van der Waals surface area contributed by atoms with Crippen LogP contribution in [0.5, 0.6) is 0 Å². The zero-order valence-corrected chi connectivity index (χ0v) is 13.1. The second-order valence-corrected chi connectivity index (χ2v) is 5.66. The third-order valence-electron chi connectivity index (χ3n) is 3.68. The summed E-state index contributed by atoms with van der Waals surface area (Å²) in [5.74, 6) is -0.0352. The van der Waals surface area contributed by atoms with Crippen molar-refractivity contribution in [1.82, 2.24) is 4.90 Å².